The Morgan fingerprint density at radius 3 is 2.32 bits per heavy atom. The van der Waals surface area contributed by atoms with Gasteiger partial charge in [-0.05, 0) is 31.1 Å². The zero-order chi connectivity index (χ0) is 14.8. The number of carbonyl (C=O) groups excluding carboxylic acids is 1. The molecule has 3 unspecified atom stereocenters. The van der Waals surface area contributed by atoms with Gasteiger partial charge < -0.3 is 15.3 Å². The molecule has 1 fully saturated rings. The lowest BCUT2D eigenvalue weighted by atomic mass is 9.87. The van der Waals surface area contributed by atoms with Crippen LogP contribution in [0.1, 0.15) is 47.5 Å². The van der Waals surface area contributed by atoms with Gasteiger partial charge in [0.05, 0.1) is 0 Å². The van der Waals surface area contributed by atoms with E-state index < -0.39 is 17.4 Å². The molecule has 0 aromatic heterocycles. The molecule has 0 bridgehead atoms. The van der Waals surface area contributed by atoms with E-state index in [4.69, 9.17) is 0 Å². The second kappa shape index (κ2) is 5.80. The number of piperidine rings is 1. The Kier molecular flexibility index (Phi) is 4.82. The van der Waals surface area contributed by atoms with Gasteiger partial charge in [-0.15, -0.1) is 0 Å². The molecule has 3 atom stereocenters. The highest BCUT2D eigenvalue weighted by molar-refractivity contribution is 5.83. The molecule has 5 nitrogen and oxygen atoms in total. The topological polar surface area (TPSA) is 69.6 Å². The summed E-state index contributed by atoms with van der Waals surface area (Å²) in [6.07, 6.45) is 1.95. The van der Waals surface area contributed by atoms with Gasteiger partial charge in [-0.25, -0.2) is 9.59 Å². The molecule has 0 aliphatic carbocycles. The van der Waals surface area contributed by atoms with Crippen molar-refractivity contribution in [1.29, 1.82) is 0 Å². The highest BCUT2D eigenvalue weighted by Crippen LogP contribution is 2.24. The standard InChI is InChI=1S/C14H26N2O3/c1-9-6-7-16(10(2)8-9)13(19)15-11(12(17)18)14(3,4)5/h9-11H,6-8H2,1-5H3,(H,15,19)(H,17,18). The minimum atomic E-state index is -0.987. The normalized spacial score (nSPS) is 25.8. The maximum Gasteiger partial charge on any atom is 0.326 e. The van der Waals surface area contributed by atoms with E-state index in [-0.39, 0.29) is 12.1 Å². The second-order valence-electron chi connectivity index (χ2n) is 6.76. The third-order valence-corrected chi connectivity index (χ3v) is 3.78. The molecule has 0 aromatic carbocycles. The number of amides is 2. The largest absolute Gasteiger partial charge is 0.480 e. The molecule has 1 aliphatic rings. The molecule has 1 saturated heterocycles. The minimum Gasteiger partial charge on any atom is -0.480 e. The Morgan fingerprint density at radius 1 is 1.32 bits per heavy atom. The molecule has 1 rings (SSSR count). The summed E-state index contributed by atoms with van der Waals surface area (Å²) in [6, 6.07) is -0.966. The number of nitrogens with zero attached hydrogens (tertiary/aromatic N) is 1. The predicted octanol–water partition coefficient (Wildman–Crippen LogP) is 2.32. The molecule has 5 heteroatoms. The van der Waals surface area contributed by atoms with Crippen molar-refractivity contribution in [2.75, 3.05) is 6.54 Å². The first-order chi connectivity index (χ1) is 8.62. The van der Waals surface area contributed by atoms with Crippen LogP contribution in [0, 0.1) is 11.3 Å². The van der Waals surface area contributed by atoms with E-state index in [1.54, 1.807) is 4.90 Å². The van der Waals surface area contributed by atoms with Crippen molar-refractivity contribution in [3.63, 3.8) is 0 Å². The van der Waals surface area contributed by atoms with Crippen molar-refractivity contribution in [2.45, 2.75) is 59.5 Å². The monoisotopic (exact) mass is 270 g/mol. The molecule has 1 aliphatic heterocycles. The first-order valence-corrected chi connectivity index (χ1v) is 6.93. The van der Waals surface area contributed by atoms with Crippen molar-refractivity contribution < 1.29 is 14.7 Å². The molecule has 110 valence electrons. The number of carboxylic acid groups (broad SMARTS) is 1. The van der Waals surface area contributed by atoms with Crippen molar-refractivity contribution in [2.24, 2.45) is 11.3 Å². The summed E-state index contributed by atoms with van der Waals surface area (Å²) in [5.74, 6) is -0.365. The fourth-order valence-electron chi connectivity index (χ4n) is 2.56. The average molecular weight is 270 g/mol. The van der Waals surface area contributed by atoms with E-state index in [1.165, 1.54) is 0 Å². The van der Waals surface area contributed by atoms with Gasteiger partial charge in [0.2, 0.25) is 0 Å². The molecular weight excluding hydrogens is 244 g/mol. The van der Waals surface area contributed by atoms with Crippen LogP contribution >= 0.6 is 0 Å². The van der Waals surface area contributed by atoms with Gasteiger partial charge in [-0.2, -0.15) is 0 Å². The number of nitrogens with one attached hydrogen (secondary N) is 1. The Hall–Kier alpha value is -1.26. The lowest BCUT2D eigenvalue weighted by molar-refractivity contribution is -0.142. The van der Waals surface area contributed by atoms with Crippen LogP contribution in [0.5, 0.6) is 0 Å². The van der Waals surface area contributed by atoms with E-state index in [2.05, 4.69) is 12.2 Å². The highest BCUT2D eigenvalue weighted by Gasteiger charge is 2.35. The fraction of sp³-hybridized carbons (Fsp3) is 0.857. The number of carboxylic acids is 1. The number of hydrogen-bond acceptors (Lipinski definition) is 2. The van der Waals surface area contributed by atoms with Crippen LogP contribution in [0.25, 0.3) is 0 Å². The van der Waals surface area contributed by atoms with Crippen LogP contribution in [-0.2, 0) is 4.79 Å². The van der Waals surface area contributed by atoms with Crippen molar-refractivity contribution in [3.8, 4) is 0 Å². The Balaban J connectivity index is 2.70. The smallest absolute Gasteiger partial charge is 0.326 e. The summed E-state index contributed by atoms with van der Waals surface area (Å²) in [6.45, 7) is 10.3. The first-order valence-electron chi connectivity index (χ1n) is 6.93. The molecule has 0 saturated carbocycles. The summed E-state index contributed by atoms with van der Waals surface area (Å²) in [5, 5.41) is 11.9. The number of carbonyl (C=O) groups is 2. The van der Waals surface area contributed by atoms with Crippen LogP contribution in [0.3, 0.4) is 0 Å². The Bertz CT molecular complexity index is 349. The van der Waals surface area contributed by atoms with Gasteiger partial charge in [0.1, 0.15) is 6.04 Å². The number of rotatable bonds is 2. The lowest BCUT2D eigenvalue weighted by Gasteiger charge is -2.38. The maximum atomic E-state index is 12.2. The van der Waals surface area contributed by atoms with Gasteiger partial charge in [-0.1, -0.05) is 27.7 Å². The number of likely N-dealkylation sites (tertiary alicyclic amines) is 1. The number of hydrogen-bond donors (Lipinski definition) is 2. The molecule has 1 heterocycles. The molecule has 2 amide bonds. The highest BCUT2D eigenvalue weighted by atomic mass is 16.4. The SMILES string of the molecule is CC1CCN(C(=O)NC(C(=O)O)C(C)(C)C)C(C)C1. The Labute approximate surface area is 115 Å². The minimum absolute atomic E-state index is 0.165. The molecular formula is C14H26N2O3. The van der Waals surface area contributed by atoms with Gasteiger partial charge in [0.25, 0.3) is 0 Å². The summed E-state index contributed by atoms with van der Waals surface area (Å²) in [5.41, 5.74) is -0.506. The van der Waals surface area contributed by atoms with Gasteiger partial charge in [0, 0.05) is 12.6 Å². The van der Waals surface area contributed by atoms with Gasteiger partial charge >= 0.3 is 12.0 Å². The quantitative estimate of drug-likeness (QED) is 0.809. The summed E-state index contributed by atoms with van der Waals surface area (Å²) in [4.78, 5) is 25.2. The molecule has 19 heavy (non-hydrogen) atoms. The zero-order valence-electron chi connectivity index (χ0n) is 12.6. The predicted molar refractivity (Wildman–Crippen MR) is 74.0 cm³/mol. The molecule has 0 radical (unpaired) electrons. The lowest BCUT2D eigenvalue weighted by Crippen LogP contribution is -2.56. The summed E-state index contributed by atoms with van der Waals surface area (Å²) in [7, 11) is 0. The van der Waals surface area contributed by atoms with E-state index in [9.17, 15) is 14.7 Å². The number of aliphatic carboxylic acids is 1. The molecule has 0 spiro atoms. The van der Waals surface area contributed by atoms with E-state index >= 15 is 0 Å². The van der Waals surface area contributed by atoms with E-state index in [0.29, 0.717) is 12.5 Å². The third-order valence-electron chi connectivity index (χ3n) is 3.78. The van der Waals surface area contributed by atoms with Crippen LogP contribution in [0.4, 0.5) is 4.79 Å². The summed E-state index contributed by atoms with van der Waals surface area (Å²) >= 11 is 0. The first kappa shape index (κ1) is 15.8. The second-order valence-corrected chi connectivity index (χ2v) is 6.76. The Morgan fingerprint density at radius 2 is 1.89 bits per heavy atom. The molecule has 2 N–H and O–H groups in total. The van der Waals surface area contributed by atoms with Crippen molar-refractivity contribution >= 4 is 12.0 Å². The van der Waals surface area contributed by atoms with Crippen molar-refractivity contribution in [3.05, 3.63) is 0 Å². The maximum absolute atomic E-state index is 12.2. The van der Waals surface area contributed by atoms with Gasteiger partial charge in [-0.3, -0.25) is 0 Å². The molecule has 0 aromatic rings. The summed E-state index contributed by atoms with van der Waals surface area (Å²) < 4.78 is 0. The van der Waals surface area contributed by atoms with Crippen LogP contribution in [0.2, 0.25) is 0 Å². The van der Waals surface area contributed by atoms with Crippen molar-refractivity contribution in [1.82, 2.24) is 10.2 Å². The van der Waals surface area contributed by atoms with Crippen LogP contribution < -0.4 is 5.32 Å². The number of urea groups is 1. The third kappa shape index (κ3) is 4.11. The van der Waals surface area contributed by atoms with E-state index in [0.717, 1.165) is 12.8 Å². The van der Waals surface area contributed by atoms with E-state index in [1.807, 2.05) is 27.7 Å². The van der Waals surface area contributed by atoms with Crippen LogP contribution in [-0.4, -0.2) is 40.6 Å². The van der Waals surface area contributed by atoms with Gasteiger partial charge in [0.15, 0.2) is 0 Å². The fourth-order valence-corrected chi connectivity index (χ4v) is 2.56. The average Bonchev–Trinajstić information content (AvgIpc) is 2.23. The van der Waals surface area contributed by atoms with Crippen LogP contribution in [0.15, 0.2) is 0 Å². The zero-order valence-corrected chi connectivity index (χ0v) is 12.6.